The molecule has 1 heterocycles. The van der Waals surface area contributed by atoms with Gasteiger partial charge in [-0.1, -0.05) is 45.1 Å². The van der Waals surface area contributed by atoms with E-state index in [9.17, 15) is 27.9 Å². The first-order valence-electron chi connectivity index (χ1n) is 10.7. The summed E-state index contributed by atoms with van der Waals surface area (Å²) in [5, 5.41) is 14.3. The molecule has 5 nitrogen and oxygen atoms in total. The number of thioether (sulfide) groups is 2. The maximum absolute atomic E-state index is 13.2. The van der Waals surface area contributed by atoms with Gasteiger partial charge in [-0.05, 0) is 52.8 Å². The number of hydrogen-bond donors (Lipinski definition) is 2. The van der Waals surface area contributed by atoms with Gasteiger partial charge in [0.2, 0.25) is 0 Å². The van der Waals surface area contributed by atoms with Crippen LogP contribution in [0.25, 0.3) is 0 Å². The van der Waals surface area contributed by atoms with Crippen LogP contribution in [0.1, 0.15) is 32.8 Å². The number of carbonyl (C=O) groups is 2. The van der Waals surface area contributed by atoms with Crippen LogP contribution in [0.4, 0.5) is 13.2 Å². The zero-order chi connectivity index (χ0) is 25.1. The molecule has 10 heteroatoms. The molecule has 3 atom stereocenters. The Bertz CT molecular complexity index is 1020. The van der Waals surface area contributed by atoms with Gasteiger partial charge in [0.05, 0.1) is 11.5 Å². The number of carbonyl (C=O) groups excluding carboxylic acids is 1. The summed E-state index contributed by atoms with van der Waals surface area (Å²) in [5.74, 6) is -1.44. The lowest BCUT2D eigenvalue weighted by molar-refractivity contribution is -0.144. The van der Waals surface area contributed by atoms with Crippen LogP contribution in [0, 0.1) is 11.3 Å². The standard InChI is InChI=1S/C24H26F3NO4S2/c1-4-23(2,3)20(22(30)31)28-21(29)17-9-10-18-16(11-12-33-18)19(17)32-13-14-5-7-15(8-6-14)34-24(25,26)27/h5-12,16,18,20H,4,13H2,1-3H3,(H,28,29)(H,30,31)/t16?,18?,20-/m1/s1. The van der Waals surface area contributed by atoms with Gasteiger partial charge in [0.15, 0.2) is 0 Å². The van der Waals surface area contributed by atoms with Gasteiger partial charge >= 0.3 is 11.5 Å². The lowest BCUT2D eigenvalue weighted by Gasteiger charge is -2.32. The summed E-state index contributed by atoms with van der Waals surface area (Å²) in [6, 6.07) is 4.76. The summed E-state index contributed by atoms with van der Waals surface area (Å²) in [4.78, 5) is 25.1. The van der Waals surface area contributed by atoms with Gasteiger partial charge in [0, 0.05) is 10.1 Å². The number of fused-ring (bicyclic) bond motifs is 1. The highest BCUT2D eigenvalue weighted by Crippen LogP contribution is 2.41. The van der Waals surface area contributed by atoms with Crippen LogP contribution in [-0.4, -0.2) is 33.8 Å². The minimum atomic E-state index is -4.36. The molecule has 0 bridgehead atoms. The largest absolute Gasteiger partial charge is 0.492 e. The molecule has 0 radical (unpaired) electrons. The number of carboxylic acid groups (broad SMARTS) is 1. The number of alkyl halides is 3. The monoisotopic (exact) mass is 513 g/mol. The van der Waals surface area contributed by atoms with E-state index >= 15 is 0 Å². The van der Waals surface area contributed by atoms with Crippen molar-refractivity contribution in [2.45, 2.75) is 55.5 Å². The predicted octanol–water partition coefficient (Wildman–Crippen LogP) is 5.89. The number of hydrogen-bond acceptors (Lipinski definition) is 5. The molecule has 1 amide bonds. The fraction of sp³-hybridized carbons (Fsp3) is 0.417. The Morgan fingerprint density at radius 3 is 2.47 bits per heavy atom. The average Bonchev–Trinajstić information content (AvgIpc) is 3.24. The number of allylic oxidation sites excluding steroid dienone is 1. The number of benzene rings is 1. The van der Waals surface area contributed by atoms with Crippen LogP contribution in [0.2, 0.25) is 0 Å². The molecule has 2 unspecified atom stereocenters. The summed E-state index contributed by atoms with van der Waals surface area (Å²) in [6.07, 6.45) is 6.01. The summed E-state index contributed by atoms with van der Waals surface area (Å²) < 4.78 is 43.7. The van der Waals surface area contributed by atoms with E-state index in [0.717, 1.165) is 0 Å². The van der Waals surface area contributed by atoms with Crippen molar-refractivity contribution in [2.75, 3.05) is 0 Å². The second-order valence-electron chi connectivity index (χ2n) is 8.66. The topological polar surface area (TPSA) is 75.6 Å². The Morgan fingerprint density at radius 1 is 1.21 bits per heavy atom. The van der Waals surface area contributed by atoms with Crippen molar-refractivity contribution in [2.24, 2.45) is 11.3 Å². The Hall–Kier alpha value is -2.33. The molecule has 34 heavy (non-hydrogen) atoms. The summed E-state index contributed by atoms with van der Waals surface area (Å²) in [7, 11) is 0. The summed E-state index contributed by atoms with van der Waals surface area (Å²) in [5.41, 5.74) is -4.13. The average molecular weight is 514 g/mol. The number of carboxylic acids is 1. The highest BCUT2D eigenvalue weighted by Gasteiger charge is 2.38. The van der Waals surface area contributed by atoms with Crippen LogP contribution in [0.15, 0.2) is 64.1 Å². The molecule has 1 aliphatic carbocycles. The molecule has 0 saturated carbocycles. The molecule has 2 N–H and O–H groups in total. The van der Waals surface area contributed by atoms with Gasteiger partial charge in [-0.3, -0.25) is 4.79 Å². The molecule has 1 aromatic rings. The highest BCUT2D eigenvalue weighted by molar-refractivity contribution is 8.03. The van der Waals surface area contributed by atoms with E-state index in [4.69, 9.17) is 4.74 Å². The van der Waals surface area contributed by atoms with Crippen LogP contribution >= 0.6 is 23.5 Å². The first-order valence-corrected chi connectivity index (χ1v) is 12.4. The normalized spacial score (nSPS) is 20.8. The van der Waals surface area contributed by atoms with E-state index in [-0.39, 0.29) is 40.0 Å². The Kier molecular flexibility index (Phi) is 8.13. The second-order valence-corrected chi connectivity index (χ2v) is 10.9. The second kappa shape index (κ2) is 10.5. The minimum absolute atomic E-state index is 0.0551. The highest BCUT2D eigenvalue weighted by atomic mass is 32.2. The third kappa shape index (κ3) is 6.41. The molecule has 2 aliphatic rings. The Labute approximate surface area is 204 Å². The third-order valence-electron chi connectivity index (χ3n) is 5.91. The Balaban J connectivity index is 1.81. The molecule has 0 saturated heterocycles. The first kappa shape index (κ1) is 26.3. The lowest BCUT2D eigenvalue weighted by Crippen LogP contribution is -2.50. The number of rotatable bonds is 9. The lowest BCUT2D eigenvalue weighted by atomic mass is 9.81. The molecule has 3 rings (SSSR count). The third-order valence-corrected chi connectivity index (χ3v) is 7.73. The van der Waals surface area contributed by atoms with Crippen molar-refractivity contribution in [1.29, 1.82) is 0 Å². The van der Waals surface area contributed by atoms with Crippen LogP contribution in [-0.2, 0) is 20.9 Å². The molecular weight excluding hydrogens is 487 g/mol. The maximum atomic E-state index is 13.2. The van der Waals surface area contributed by atoms with Crippen LogP contribution < -0.4 is 5.32 Å². The molecular formula is C24H26F3NO4S2. The van der Waals surface area contributed by atoms with Gasteiger partial charge in [-0.25, -0.2) is 4.79 Å². The van der Waals surface area contributed by atoms with E-state index in [1.54, 1.807) is 43.8 Å². The zero-order valence-corrected chi connectivity index (χ0v) is 20.5. The molecule has 1 aliphatic heterocycles. The summed E-state index contributed by atoms with van der Waals surface area (Å²) >= 11 is 1.39. The van der Waals surface area contributed by atoms with Crippen LogP contribution in [0.3, 0.4) is 0 Å². The van der Waals surface area contributed by atoms with Crippen molar-refractivity contribution in [1.82, 2.24) is 5.32 Å². The molecule has 0 aromatic heterocycles. The predicted molar refractivity (Wildman–Crippen MR) is 127 cm³/mol. The van der Waals surface area contributed by atoms with Crippen molar-refractivity contribution in [3.05, 3.63) is 64.8 Å². The number of ether oxygens (including phenoxy) is 1. The zero-order valence-electron chi connectivity index (χ0n) is 18.9. The SMILES string of the molecule is CCC(C)(C)[C@H](NC(=O)C1=C(OCc2ccc(SC(F)(F)F)cc2)C2C=CSC2C=C1)C(=O)O. The Morgan fingerprint density at radius 2 is 1.88 bits per heavy atom. The van der Waals surface area contributed by atoms with Gasteiger partial charge in [0.1, 0.15) is 18.4 Å². The van der Waals surface area contributed by atoms with Gasteiger partial charge in [-0.2, -0.15) is 13.2 Å². The first-order chi connectivity index (χ1) is 15.9. The number of halogens is 3. The van der Waals surface area contributed by atoms with Gasteiger partial charge < -0.3 is 15.2 Å². The van der Waals surface area contributed by atoms with Crippen molar-refractivity contribution >= 4 is 35.4 Å². The fourth-order valence-corrected chi connectivity index (χ4v) is 5.12. The summed E-state index contributed by atoms with van der Waals surface area (Å²) in [6.45, 7) is 5.48. The molecule has 1 aromatic carbocycles. The van der Waals surface area contributed by atoms with Crippen molar-refractivity contribution in [3.63, 3.8) is 0 Å². The fourth-order valence-electron chi connectivity index (χ4n) is 3.58. The smallest absolute Gasteiger partial charge is 0.446 e. The van der Waals surface area contributed by atoms with Crippen LogP contribution in [0.5, 0.6) is 0 Å². The number of amides is 1. The van der Waals surface area contributed by atoms with E-state index in [1.807, 2.05) is 24.5 Å². The molecule has 184 valence electrons. The molecule has 0 spiro atoms. The van der Waals surface area contributed by atoms with Crippen molar-refractivity contribution < 1.29 is 32.6 Å². The van der Waals surface area contributed by atoms with Gasteiger partial charge in [0.25, 0.3) is 5.91 Å². The van der Waals surface area contributed by atoms with E-state index in [2.05, 4.69) is 5.32 Å². The quantitative estimate of drug-likeness (QED) is 0.401. The number of aliphatic carboxylic acids is 1. The maximum Gasteiger partial charge on any atom is 0.446 e. The van der Waals surface area contributed by atoms with Crippen molar-refractivity contribution in [3.8, 4) is 0 Å². The van der Waals surface area contributed by atoms with Gasteiger partial charge in [-0.15, -0.1) is 11.8 Å². The minimum Gasteiger partial charge on any atom is -0.492 e. The van der Waals surface area contributed by atoms with E-state index in [0.29, 0.717) is 17.7 Å². The number of nitrogens with one attached hydrogen (secondary N) is 1. The van der Waals surface area contributed by atoms with E-state index < -0.39 is 28.8 Å². The molecule has 0 fully saturated rings. The van der Waals surface area contributed by atoms with E-state index in [1.165, 1.54) is 12.1 Å².